The highest BCUT2D eigenvalue weighted by Crippen LogP contribution is 2.39. The van der Waals surface area contributed by atoms with Gasteiger partial charge in [-0.1, -0.05) is 6.42 Å². The molecule has 0 N–H and O–H groups in total. The van der Waals surface area contributed by atoms with E-state index in [-0.39, 0.29) is 4.90 Å². The fraction of sp³-hybridized carbons (Fsp3) is 0.538. The largest absolute Gasteiger partial charge is 0.243 e. The van der Waals surface area contributed by atoms with Crippen LogP contribution in [0.3, 0.4) is 0 Å². The van der Waals surface area contributed by atoms with Gasteiger partial charge in [0.2, 0.25) is 10.0 Å². The first-order valence-corrected chi connectivity index (χ1v) is 7.77. The molecule has 1 aliphatic carbocycles. The Bertz CT molecular complexity index is 529. The van der Waals surface area contributed by atoms with Gasteiger partial charge in [0.1, 0.15) is 5.82 Å². The van der Waals surface area contributed by atoms with Crippen molar-refractivity contribution < 1.29 is 12.8 Å². The van der Waals surface area contributed by atoms with Crippen LogP contribution in [0.25, 0.3) is 0 Å². The lowest BCUT2D eigenvalue weighted by molar-refractivity contribution is 0.445. The van der Waals surface area contributed by atoms with E-state index in [1.807, 2.05) is 0 Å². The molecule has 5 heteroatoms. The molecule has 18 heavy (non-hydrogen) atoms. The Balaban J connectivity index is 1.85. The van der Waals surface area contributed by atoms with Crippen molar-refractivity contribution in [2.24, 2.45) is 11.8 Å². The molecule has 1 unspecified atom stereocenters. The second-order valence-electron chi connectivity index (χ2n) is 5.23. The normalized spacial score (nSPS) is 28.5. The molecular weight excluding hydrogens is 253 g/mol. The molecule has 0 spiro atoms. The van der Waals surface area contributed by atoms with Crippen LogP contribution in [0.15, 0.2) is 29.2 Å². The van der Waals surface area contributed by atoms with Crippen molar-refractivity contribution >= 4 is 10.0 Å². The highest BCUT2D eigenvalue weighted by molar-refractivity contribution is 7.89. The fourth-order valence-electron chi connectivity index (χ4n) is 3.14. The van der Waals surface area contributed by atoms with E-state index in [4.69, 9.17) is 0 Å². The summed E-state index contributed by atoms with van der Waals surface area (Å²) < 4.78 is 39.2. The molecular formula is C13H16FNO2S. The van der Waals surface area contributed by atoms with Crippen LogP contribution < -0.4 is 0 Å². The molecule has 3 nitrogen and oxygen atoms in total. The average Bonchev–Trinajstić information content (AvgIpc) is 2.89. The number of sulfonamides is 1. The summed E-state index contributed by atoms with van der Waals surface area (Å²) in [6.45, 7) is 1.26. The molecule has 1 aliphatic heterocycles. The Morgan fingerprint density at radius 1 is 1.06 bits per heavy atom. The van der Waals surface area contributed by atoms with Gasteiger partial charge in [-0.3, -0.25) is 0 Å². The van der Waals surface area contributed by atoms with Crippen molar-refractivity contribution in [2.75, 3.05) is 13.1 Å². The Kier molecular flexibility index (Phi) is 2.90. The molecule has 98 valence electrons. The third kappa shape index (κ3) is 1.95. The number of benzene rings is 1. The topological polar surface area (TPSA) is 37.4 Å². The maximum absolute atomic E-state index is 12.8. The highest BCUT2D eigenvalue weighted by Gasteiger charge is 2.41. The molecule has 2 aliphatic rings. The molecule has 1 saturated carbocycles. The van der Waals surface area contributed by atoms with Gasteiger partial charge in [-0.05, 0) is 48.9 Å². The van der Waals surface area contributed by atoms with E-state index in [1.165, 1.54) is 30.7 Å². The second-order valence-corrected chi connectivity index (χ2v) is 7.16. The lowest BCUT2D eigenvalue weighted by atomic mass is 10.0. The third-order valence-corrected chi connectivity index (χ3v) is 5.99. The summed E-state index contributed by atoms with van der Waals surface area (Å²) in [5.41, 5.74) is 0. The predicted molar refractivity (Wildman–Crippen MR) is 66.0 cm³/mol. The van der Waals surface area contributed by atoms with E-state index < -0.39 is 15.8 Å². The van der Waals surface area contributed by atoms with Crippen molar-refractivity contribution in [3.8, 4) is 0 Å². The van der Waals surface area contributed by atoms with Gasteiger partial charge in [0.15, 0.2) is 0 Å². The molecule has 1 saturated heterocycles. The molecule has 1 heterocycles. The van der Waals surface area contributed by atoms with E-state index in [9.17, 15) is 12.8 Å². The monoisotopic (exact) mass is 269 g/mol. The van der Waals surface area contributed by atoms with E-state index >= 15 is 0 Å². The van der Waals surface area contributed by atoms with Crippen LogP contribution in [0, 0.1) is 17.7 Å². The zero-order valence-corrected chi connectivity index (χ0v) is 10.9. The number of fused-ring (bicyclic) bond motifs is 1. The minimum absolute atomic E-state index is 0.198. The Hall–Kier alpha value is -0.940. The summed E-state index contributed by atoms with van der Waals surface area (Å²) >= 11 is 0. The lowest BCUT2D eigenvalue weighted by Gasteiger charge is -2.17. The molecule has 3 rings (SSSR count). The van der Waals surface area contributed by atoms with Crippen LogP contribution in [0.4, 0.5) is 4.39 Å². The van der Waals surface area contributed by atoms with E-state index in [0.29, 0.717) is 24.9 Å². The van der Waals surface area contributed by atoms with Gasteiger partial charge < -0.3 is 0 Å². The number of halogens is 1. The number of hydrogen-bond acceptors (Lipinski definition) is 2. The molecule has 0 bridgehead atoms. The average molecular weight is 269 g/mol. The van der Waals surface area contributed by atoms with Gasteiger partial charge >= 0.3 is 0 Å². The van der Waals surface area contributed by atoms with Crippen LogP contribution in [-0.2, 0) is 10.0 Å². The SMILES string of the molecule is O=S(=O)(c1ccc(F)cc1)N1CC2CCC[C@H]2C1. The molecule has 0 radical (unpaired) electrons. The Morgan fingerprint density at radius 3 is 2.17 bits per heavy atom. The fourth-order valence-corrected chi connectivity index (χ4v) is 4.70. The standard InChI is InChI=1S/C13H16FNO2S/c14-12-4-6-13(7-5-12)18(16,17)15-8-10-2-1-3-11(10)9-15/h4-7,10-11H,1-3,8-9H2/t10-,11?/m0/s1. The molecule has 0 amide bonds. The van der Waals surface area contributed by atoms with Gasteiger partial charge in [0.25, 0.3) is 0 Å². The minimum atomic E-state index is -3.43. The first-order valence-electron chi connectivity index (χ1n) is 6.33. The summed E-state index contributed by atoms with van der Waals surface area (Å²) in [5, 5.41) is 0. The van der Waals surface area contributed by atoms with Crippen molar-refractivity contribution in [1.82, 2.24) is 4.31 Å². The van der Waals surface area contributed by atoms with Crippen molar-refractivity contribution in [1.29, 1.82) is 0 Å². The zero-order valence-electron chi connectivity index (χ0n) is 10.0. The number of nitrogens with zero attached hydrogens (tertiary/aromatic N) is 1. The van der Waals surface area contributed by atoms with Crippen molar-refractivity contribution in [2.45, 2.75) is 24.2 Å². The van der Waals surface area contributed by atoms with Crippen LogP contribution in [0.2, 0.25) is 0 Å². The van der Waals surface area contributed by atoms with Gasteiger partial charge in [-0.2, -0.15) is 4.31 Å². The maximum Gasteiger partial charge on any atom is 0.243 e. The minimum Gasteiger partial charge on any atom is -0.207 e. The van der Waals surface area contributed by atoms with Gasteiger partial charge in [0, 0.05) is 13.1 Å². The number of hydrogen-bond donors (Lipinski definition) is 0. The summed E-state index contributed by atoms with van der Waals surface area (Å²) in [6, 6.07) is 5.09. The summed E-state index contributed by atoms with van der Waals surface area (Å²) in [4.78, 5) is 0.198. The van der Waals surface area contributed by atoms with Crippen molar-refractivity contribution in [3.63, 3.8) is 0 Å². The van der Waals surface area contributed by atoms with Crippen LogP contribution >= 0.6 is 0 Å². The molecule has 2 atom stereocenters. The molecule has 1 aromatic carbocycles. The van der Waals surface area contributed by atoms with Crippen LogP contribution in [-0.4, -0.2) is 25.8 Å². The Labute approximate surface area is 107 Å². The maximum atomic E-state index is 12.8. The predicted octanol–water partition coefficient (Wildman–Crippen LogP) is 2.25. The Morgan fingerprint density at radius 2 is 1.61 bits per heavy atom. The summed E-state index contributed by atoms with van der Waals surface area (Å²) in [7, 11) is -3.43. The van der Waals surface area contributed by atoms with E-state index in [1.54, 1.807) is 4.31 Å². The van der Waals surface area contributed by atoms with Crippen LogP contribution in [0.5, 0.6) is 0 Å². The van der Waals surface area contributed by atoms with Gasteiger partial charge in [-0.25, -0.2) is 12.8 Å². The smallest absolute Gasteiger partial charge is 0.207 e. The first kappa shape index (κ1) is 12.1. The molecule has 0 aromatic heterocycles. The number of rotatable bonds is 2. The molecule has 1 aromatic rings. The van der Waals surface area contributed by atoms with E-state index in [2.05, 4.69) is 0 Å². The third-order valence-electron chi connectivity index (χ3n) is 4.14. The molecule has 2 fully saturated rings. The zero-order chi connectivity index (χ0) is 12.8. The second kappa shape index (κ2) is 4.31. The van der Waals surface area contributed by atoms with Gasteiger partial charge in [-0.15, -0.1) is 0 Å². The lowest BCUT2D eigenvalue weighted by Crippen LogP contribution is -2.29. The summed E-state index contributed by atoms with van der Waals surface area (Å²) in [5.74, 6) is 0.646. The van der Waals surface area contributed by atoms with Gasteiger partial charge in [0.05, 0.1) is 4.90 Å². The van der Waals surface area contributed by atoms with Crippen molar-refractivity contribution in [3.05, 3.63) is 30.1 Å². The van der Waals surface area contributed by atoms with E-state index in [0.717, 1.165) is 12.8 Å². The quantitative estimate of drug-likeness (QED) is 0.825. The van der Waals surface area contributed by atoms with Crippen LogP contribution in [0.1, 0.15) is 19.3 Å². The summed E-state index contributed by atoms with van der Waals surface area (Å²) in [6.07, 6.45) is 3.50. The highest BCUT2D eigenvalue weighted by atomic mass is 32.2. The first-order chi connectivity index (χ1) is 8.57.